The lowest BCUT2D eigenvalue weighted by Gasteiger charge is -2.47. The molecule has 1 aromatic rings. The summed E-state index contributed by atoms with van der Waals surface area (Å²) < 4.78 is 28.3. The van der Waals surface area contributed by atoms with Crippen LogP contribution in [0.3, 0.4) is 0 Å². The zero-order valence-electron chi connectivity index (χ0n) is 23.4. The second-order valence-corrected chi connectivity index (χ2v) is 11.0. The van der Waals surface area contributed by atoms with Crippen LogP contribution in [0.2, 0.25) is 0 Å². The Morgan fingerprint density at radius 2 is 1.52 bits per heavy atom. The van der Waals surface area contributed by atoms with E-state index in [1.807, 2.05) is 25.4 Å². The van der Waals surface area contributed by atoms with Gasteiger partial charge in [0.25, 0.3) is 0 Å². The first-order chi connectivity index (χ1) is 18.9. The SMILES string of the molecule is Cc1c[nH+]cc(CONCCCO[C@H]2OC(CO)[C@@H](O[C@H]3OC(CO)C(OC(C)(C)C)[C@@H](O)C3O)[C@@H](O)C2O)c1. The molecule has 2 fully saturated rings. The first kappa shape index (κ1) is 33.1. The number of aliphatic hydroxyl groups excluding tert-OH is 6. The van der Waals surface area contributed by atoms with Crippen molar-refractivity contribution >= 4 is 0 Å². The lowest BCUT2D eigenvalue weighted by Crippen LogP contribution is -2.65. The molecule has 1 aromatic heterocycles. The number of hydrogen-bond acceptors (Lipinski definition) is 13. The molecule has 14 nitrogen and oxygen atoms in total. The van der Waals surface area contributed by atoms with Crippen LogP contribution in [0.25, 0.3) is 0 Å². The molecule has 8 N–H and O–H groups in total. The van der Waals surface area contributed by atoms with E-state index in [1.54, 1.807) is 20.8 Å². The molecule has 0 saturated carbocycles. The zero-order chi connectivity index (χ0) is 29.4. The number of aromatic amines is 1. The van der Waals surface area contributed by atoms with E-state index in [2.05, 4.69) is 10.5 Å². The van der Waals surface area contributed by atoms with Gasteiger partial charge >= 0.3 is 0 Å². The average molecular weight is 578 g/mol. The second kappa shape index (κ2) is 15.2. The fourth-order valence-electron chi connectivity index (χ4n) is 4.52. The van der Waals surface area contributed by atoms with Crippen LogP contribution in [0, 0.1) is 6.92 Å². The number of H-pyrrole nitrogens is 1. The van der Waals surface area contributed by atoms with Crippen molar-refractivity contribution < 1.29 is 64.1 Å². The standard InChI is InChI=1S/C26H44N2O12/c1-14-8-15(10-27-9-14)13-36-28-6-5-7-35-24-20(33)18(31)22(16(11-29)37-24)39-25-21(34)19(32)23(17(12-30)38-25)40-26(2,3)4/h8-10,16-25,28-34H,5-7,11-13H2,1-4H3/p+1/t16?,17?,18-,19-,20?,21?,22+,23?,24-,25+/m0/s1. The van der Waals surface area contributed by atoms with Crippen LogP contribution in [-0.4, -0.2) is 124 Å². The van der Waals surface area contributed by atoms with Crippen LogP contribution in [0.4, 0.5) is 0 Å². The third kappa shape index (κ3) is 9.06. The Morgan fingerprint density at radius 3 is 2.17 bits per heavy atom. The maximum absolute atomic E-state index is 10.8. The third-order valence-corrected chi connectivity index (χ3v) is 6.46. The summed E-state index contributed by atoms with van der Waals surface area (Å²) in [6.45, 7) is 7.04. The summed E-state index contributed by atoms with van der Waals surface area (Å²) >= 11 is 0. The molecule has 230 valence electrons. The number of hydrogen-bond donors (Lipinski definition) is 7. The van der Waals surface area contributed by atoms with E-state index in [1.165, 1.54) is 0 Å². The molecule has 40 heavy (non-hydrogen) atoms. The van der Waals surface area contributed by atoms with Gasteiger partial charge in [-0.1, -0.05) is 0 Å². The van der Waals surface area contributed by atoms with Gasteiger partial charge in [0.2, 0.25) is 0 Å². The number of aromatic nitrogens is 1. The highest BCUT2D eigenvalue weighted by molar-refractivity contribution is 5.12. The second-order valence-electron chi connectivity index (χ2n) is 11.0. The summed E-state index contributed by atoms with van der Waals surface area (Å²) in [5.74, 6) is 0. The minimum Gasteiger partial charge on any atom is -0.394 e. The van der Waals surface area contributed by atoms with Gasteiger partial charge in [0.05, 0.1) is 32.0 Å². The molecule has 0 aliphatic carbocycles. The topological polar surface area (TPSA) is 203 Å². The first-order valence-corrected chi connectivity index (χ1v) is 13.5. The number of rotatable bonds is 13. The number of hydroxylamine groups is 1. The maximum atomic E-state index is 10.8. The molecular formula is C26H45N2O12+. The quantitative estimate of drug-likeness (QED) is 0.0974. The molecule has 0 radical (unpaired) electrons. The van der Waals surface area contributed by atoms with Crippen molar-refractivity contribution in [3.63, 3.8) is 0 Å². The molecule has 0 bridgehead atoms. The predicted molar refractivity (Wildman–Crippen MR) is 136 cm³/mol. The highest BCUT2D eigenvalue weighted by atomic mass is 16.7. The van der Waals surface area contributed by atoms with Crippen molar-refractivity contribution in [3.8, 4) is 0 Å². The largest absolute Gasteiger partial charge is 0.394 e. The van der Waals surface area contributed by atoms with Crippen molar-refractivity contribution in [1.82, 2.24) is 5.48 Å². The molecule has 14 heteroatoms. The smallest absolute Gasteiger partial charge is 0.187 e. The number of aryl methyl sites for hydroxylation is 1. The molecule has 5 unspecified atom stereocenters. The molecule has 3 rings (SSSR count). The van der Waals surface area contributed by atoms with Gasteiger partial charge in [0.15, 0.2) is 25.0 Å². The third-order valence-electron chi connectivity index (χ3n) is 6.46. The van der Waals surface area contributed by atoms with E-state index >= 15 is 0 Å². The molecule has 0 spiro atoms. The highest BCUT2D eigenvalue weighted by Crippen LogP contribution is 2.31. The Hall–Kier alpha value is -1.37. The fraction of sp³-hybridized carbons (Fsp3) is 0.808. The van der Waals surface area contributed by atoms with Gasteiger partial charge in [0.1, 0.15) is 48.8 Å². The normalized spacial score (nSPS) is 35.1. The molecule has 0 aromatic carbocycles. The molecule has 10 atom stereocenters. The van der Waals surface area contributed by atoms with Gasteiger partial charge in [-0.15, -0.1) is 0 Å². The van der Waals surface area contributed by atoms with Crippen LogP contribution in [0.15, 0.2) is 18.5 Å². The Bertz CT molecular complexity index is 885. The van der Waals surface area contributed by atoms with Crippen LogP contribution in [0.1, 0.15) is 38.3 Å². The first-order valence-electron chi connectivity index (χ1n) is 13.5. The summed E-state index contributed by atoms with van der Waals surface area (Å²) in [6.07, 6.45) is -9.41. The number of ether oxygens (including phenoxy) is 5. The Morgan fingerprint density at radius 1 is 0.900 bits per heavy atom. The van der Waals surface area contributed by atoms with Crippen LogP contribution < -0.4 is 10.5 Å². The van der Waals surface area contributed by atoms with Gasteiger partial charge < -0.3 is 54.3 Å². The minimum absolute atomic E-state index is 0.149. The lowest BCUT2D eigenvalue weighted by atomic mass is 9.96. The highest BCUT2D eigenvalue weighted by Gasteiger charge is 2.51. The zero-order valence-corrected chi connectivity index (χ0v) is 23.4. The summed E-state index contributed by atoms with van der Waals surface area (Å²) in [5.41, 5.74) is 4.19. The van der Waals surface area contributed by atoms with Crippen molar-refractivity contribution in [2.45, 2.75) is 108 Å². The van der Waals surface area contributed by atoms with Gasteiger partial charge in [-0.05, 0) is 40.2 Å². The van der Waals surface area contributed by atoms with E-state index in [-0.39, 0.29) is 6.61 Å². The van der Waals surface area contributed by atoms with Crippen molar-refractivity contribution in [3.05, 3.63) is 29.6 Å². The summed E-state index contributed by atoms with van der Waals surface area (Å²) in [7, 11) is 0. The van der Waals surface area contributed by atoms with Crippen LogP contribution >= 0.6 is 0 Å². The summed E-state index contributed by atoms with van der Waals surface area (Å²) in [4.78, 5) is 8.45. The van der Waals surface area contributed by atoms with E-state index < -0.39 is 80.2 Å². The van der Waals surface area contributed by atoms with Gasteiger partial charge in [-0.25, -0.2) is 10.5 Å². The van der Waals surface area contributed by atoms with Gasteiger partial charge in [0, 0.05) is 17.7 Å². The molecule has 2 aliphatic heterocycles. The van der Waals surface area contributed by atoms with E-state index in [0.29, 0.717) is 19.6 Å². The van der Waals surface area contributed by atoms with E-state index in [0.717, 1.165) is 11.1 Å². The van der Waals surface area contributed by atoms with Crippen molar-refractivity contribution in [1.29, 1.82) is 0 Å². The van der Waals surface area contributed by atoms with E-state index in [9.17, 15) is 30.6 Å². The fourth-order valence-corrected chi connectivity index (χ4v) is 4.52. The molecule has 2 aliphatic rings. The van der Waals surface area contributed by atoms with E-state index in [4.69, 9.17) is 28.5 Å². The average Bonchev–Trinajstić information content (AvgIpc) is 2.90. The van der Waals surface area contributed by atoms with Crippen molar-refractivity contribution in [2.75, 3.05) is 26.4 Å². The van der Waals surface area contributed by atoms with Gasteiger partial charge in [-0.2, -0.15) is 0 Å². The van der Waals surface area contributed by atoms with Gasteiger partial charge in [-0.3, -0.25) is 4.84 Å². The Kier molecular flexibility index (Phi) is 12.6. The maximum Gasteiger partial charge on any atom is 0.187 e. The van der Waals surface area contributed by atoms with Crippen LogP contribution in [0.5, 0.6) is 0 Å². The lowest BCUT2D eigenvalue weighted by molar-refractivity contribution is -0.379. The minimum atomic E-state index is -1.62. The number of pyridine rings is 1. The number of nitrogens with one attached hydrogen (secondary N) is 2. The molecule has 3 heterocycles. The predicted octanol–water partition coefficient (Wildman–Crippen LogP) is -2.32. The summed E-state index contributed by atoms with van der Waals surface area (Å²) in [6, 6.07) is 2.00. The van der Waals surface area contributed by atoms with Crippen LogP contribution in [-0.2, 0) is 35.1 Å². The van der Waals surface area contributed by atoms with Crippen molar-refractivity contribution in [2.24, 2.45) is 0 Å². The number of aliphatic hydroxyl groups is 6. The molecule has 2 saturated heterocycles. The Labute approximate surface area is 233 Å². The monoisotopic (exact) mass is 577 g/mol. The molecule has 0 amide bonds. The molecular weight excluding hydrogens is 532 g/mol. The Balaban J connectivity index is 1.47. The summed E-state index contributed by atoms with van der Waals surface area (Å²) in [5, 5.41) is 62.3.